The Kier molecular flexibility index (Phi) is 9.05. The molecule has 0 bridgehead atoms. The molecule has 144 valence electrons. The number of nitro benzene ring substituents is 1. The molecule has 8 heteroatoms. The Labute approximate surface area is 158 Å². The second kappa shape index (κ2) is 10.8. The van der Waals surface area contributed by atoms with E-state index in [0.29, 0.717) is 6.54 Å². The van der Waals surface area contributed by atoms with E-state index in [-0.39, 0.29) is 28.1 Å². The molecule has 7 nitrogen and oxygen atoms in total. The zero-order chi connectivity index (χ0) is 19.7. The monoisotopic (exact) mass is 383 g/mol. The first-order valence-corrected chi connectivity index (χ1v) is 9.18. The second-order valence-electron chi connectivity index (χ2n) is 6.47. The lowest BCUT2D eigenvalue weighted by atomic mass is 10.0. The molecule has 1 rings (SSSR count). The van der Waals surface area contributed by atoms with Gasteiger partial charge in [0.05, 0.1) is 4.92 Å². The van der Waals surface area contributed by atoms with E-state index in [0.717, 1.165) is 31.7 Å². The molecule has 0 saturated carbocycles. The predicted octanol–water partition coefficient (Wildman–Crippen LogP) is 3.70. The molecule has 0 heterocycles. The SMILES string of the molecule is CCCCCCNC(=O)C(NC(=O)c1ccc(Cl)c([N+](=O)[O-])c1)C(C)C. The third kappa shape index (κ3) is 6.63. The van der Waals surface area contributed by atoms with Crippen molar-refractivity contribution < 1.29 is 14.5 Å². The summed E-state index contributed by atoms with van der Waals surface area (Å²) >= 11 is 5.76. The highest BCUT2D eigenvalue weighted by atomic mass is 35.5. The van der Waals surface area contributed by atoms with E-state index >= 15 is 0 Å². The highest BCUT2D eigenvalue weighted by molar-refractivity contribution is 6.32. The van der Waals surface area contributed by atoms with Gasteiger partial charge in [-0.2, -0.15) is 0 Å². The molecule has 2 N–H and O–H groups in total. The first-order chi connectivity index (χ1) is 12.3. The van der Waals surface area contributed by atoms with E-state index in [1.165, 1.54) is 12.1 Å². The van der Waals surface area contributed by atoms with Crippen LogP contribution in [0.1, 0.15) is 56.8 Å². The van der Waals surface area contributed by atoms with E-state index in [1.54, 1.807) is 0 Å². The van der Waals surface area contributed by atoms with Gasteiger partial charge in [-0.05, 0) is 24.5 Å². The van der Waals surface area contributed by atoms with Crippen molar-refractivity contribution in [3.63, 3.8) is 0 Å². The highest BCUT2D eigenvalue weighted by Gasteiger charge is 2.25. The van der Waals surface area contributed by atoms with Crippen molar-refractivity contribution in [1.29, 1.82) is 0 Å². The molecule has 0 aliphatic carbocycles. The normalized spacial score (nSPS) is 11.9. The number of nitrogens with one attached hydrogen (secondary N) is 2. The minimum atomic E-state index is -0.719. The van der Waals surface area contributed by atoms with Crippen molar-refractivity contribution in [3.8, 4) is 0 Å². The van der Waals surface area contributed by atoms with Crippen molar-refractivity contribution in [2.45, 2.75) is 52.5 Å². The Morgan fingerprint density at radius 2 is 1.92 bits per heavy atom. The van der Waals surface area contributed by atoms with Gasteiger partial charge in [0.1, 0.15) is 11.1 Å². The van der Waals surface area contributed by atoms with E-state index in [9.17, 15) is 19.7 Å². The molecule has 0 saturated heterocycles. The van der Waals surface area contributed by atoms with Gasteiger partial charge in [0, 0.05) is 18.2 Å². The number of unbranched alkanes of at least 4 members (excludes halogenated alkanes) is 3. The van der Waals surface area contributed by atoms with Crippen molar-refractivity contribution >= 4 is 29.1 Å². The zero-order valence-electron chi connectivity index (χ0n) is 15.4. The summed E-state index contributed by atoms with van der Waals surface area (Å²) < 4.78 is 0. The minimum absolute atomic E-state index is 0.0446. The number of rotatable bonds is 10. The quantitative estimate of drug-likeness (QED) is 0.365. The Morgan fingerprint density at radius 1 is 1.23 bits per heavy atom. The Hall–Kier alpha value is -2.15. The average Bonchev–Trinajstić information content (AvgIpc) is 2.58. The first kappa shape index (κ1) is 21.9. The Bertz CT molecular complexity index is 649. The van der Waals surface area contributed by atoms with Gasteiger partial charge >= 0.3 is 0 Å². The van der Waals surface area contributed by atoms with Crippen LogP contribution in [-0.2, 0) is 4.79 Å². The Morgan fingerprint density at radius 3 is 2.50 bits per heavy atom. The lowest BCUT2D eigenvalue weighted by Crippen LogP contribution is -2.49. The van der Waals surface area contributed by atoms with Gasteiger partial charge in [0.25, 0.3) is 11.6 Å². The molecule has 1 aromatic carbocycles. The van der Waals surface area contributed by atoms with Crippen LogP contribution in [0, 0.1) is 16.0 Å². The fourth-order valence-electron chi connectivity index (χ4n) is 2.43. The number of amides is 2. The van der Waals surface area contributed by atoms with Crippen LogP contribution >= 0.6 is 11.6 Å². The first-order valence-electron chi connectivity index (χ1n) is 8.80. The van der Waals surface area contributed by atoms with Gasteiger partial charge in [-0.3, -0.25) is 19.7 Å². The molecule has 0 spiro atoms. The largest absolute Gasteiger partial charge is 0.354 e. The molecular formula is C18H26ClN3O4. The topological polar surface area (TPSA) is 101 Å². The summed E-state index contributed by atoms with van der Waals surface area (Å²) in [6.45, 7) is 6.33. The molecular weight excluding hydrogens is 358 g/mol. The van der Waals surface area contributed by atoms with Crippen molar-refractivity contribution in [2.75, 3.05) is 6.54 Å². The van der Waals surface area contributed by atoms with Crippen LogP contribution in [0.4, 0.5) is 5.69 Å². The van der Waals surface area contributed by atoms with Crippen LogP contribution in [0.15, 0.2) is 18.2 Å². The van der Waals surface area contributed by atoms with Crippen molar-refractivity contribution in [3.05, 3.63) is 38.9 Å². The maximum atomic E-state index is 12.4. The van der Waals surface area contributed by atoms with Crippen LogP contribution < -0.4 is 10.6 Å². The lowest BCUT2D eigenvalue weighted by Gasteiger charge is -2.21. The fraction of sp³-hybridized carbons (Fsp3) is 0.556. The summed E-state index contributed by atoms with van der Waals surface area (Å²) in [6.07, 6.45) is 4.17. The van der Waals surface area contributed by atoms with Gasteiger partial charge in [0.15, 0.2) is 0 Å². The summed E-state index contributed by atoms with van der Waals surface area (Å²) in [7, 11) is 0. The fourth-order valence-corrected chi connectivity index (χ4v) is 2.61. The Balaban J connectivity index is 2.74. The molecule has 0 fully saturated rings. The summed E-state index contributed by atoms with van der Waals surface area (Å²) in [6, 6.07) is 3.08. The van der Waals surface area contributed by atoms with Crippen molar-refractivity contribution in [2.24, 2.45) is 5.92 Å². The second-order valence-corrected chi connectivity index (χ2v) is 6.88. The number of hydrogen-bond donors (Lipinski definition) is 2. The van der Waals surface area contributed by atoms with Gasteiger partial charge in [-0.25, -0.2) is 0 Å². The van der Waals surface area contributed by atoms with Crippen LogP contribution in [-0.4, -0.2) is 29.3 Å². The number of carbonyl (C=O) groups excluding carboxylic acids is 2. The smallest absolute Gasteiger partial charge is 0.288 e. The van der Waals surface area contributed by atoms with Crippen molar-refractivity contribution in [1.82, 2.24) is 10.6 Å². The van der Waals surface area contributed by atoms with E-state index < -0.39 is 16.9 Å². The standard InChI is InChI=1S/C18H26ClN3O4/c1-4-5-6-7-10-20-18(24)16(12(2)3)21-17(23)13-8-9-14(19)15(11-13)22(25)26/h8-9,11-12,16H,4-7,10H2,1-3H3,(H,20,24)(H,21,23). The van der Waals surface area contributed by atoms with Gasteiger partial charge in [0.2, 0.25) is 5.91 Å². The maximum Gasteiger partial charge on any atom is 0.288 e. The number of benzene rings is 1. The van der Waals surface area contributed by atoms with E-state index in [2.05, 4.69) is 17.6 Å². The molecule has 0 radical (unpaired) electrons. The third-order valence-corrected chi connectivity index (χ3v) is 4.29. The molecule has 1 unspecified atom stereocenters. The number of nitro groups is 1. The third-order valence-electron chi connectivity index (χ3n) is 3.97. The summed E-state index contributed by atoms with van der Waals surface area (Å²) in [5.74, 6) is -0.935. The van der Waals surface area contributed by atoms with Crippen LogP contribution in [0.5, 0.6) is 0 Å². The van der Waals surface area contributed by atoms with Crippen LogP contribution in [0.3, 0.4) is 0 Å². The van der Waals surface area contributed by atoms with E-state index in [1.807, 2.05) is 13.8 Å². The van der Waals surface area contributed by atoms with Gasteiger partial charge in [-0.1, -0.05) is 51.6 Å². The number of hydrogen-bond acceptors (Lipinski definition) is 4. The number of carbonyl (C=O) groups is 2. The van der Waals surface area contributed by atoms with Gasteiger partial charge < -0.3 is 10.6 Å². The zero-order valence-corrected chi connectivity index (χ0v) is 16.1. The highest BCUT2D eigenvalue weighted by Crippen LogP contribution is 2.25. The van der Waals surface area contributed by atoms with Crippen LogP contribution in [0.2, 0.25) is 5.02 Å². The summed E-state index contributed by atoms with van der Waals surface area (Å²) in [5, 5.41) is 16.4. The summed E-state index contributed by atoms with van der Waals surface area (Å²) in [5.41, 5.74) is -0.261. The molecule has 26 heavy (non-hydrogen) atoms. The number of halogens is 1. The molecule has 1 atom stereocenters. The number of nitrogens with zero attached hydrogens (tertiary/aromatic N) is 1. The molecule has 2 amide bonds. The predicted molar refractivity (Wildman–Crippen MR) is 101 cm³/mol. The minimum Gasteiger partial charge on any atom is -0.354 e. The molecule has 0 aliphatic rings. The maximum absolute atomic E-state index is 12.4. The van der Waals surface area contributed by atoms with E-state index in [4.69, 9.17) is 11.6 Å². The molecule has 1 aromatic rings. The summed E-state index contributed by atoms with van der Waals surface area (Å²) in [4.78, 5) is 35.1. The average molecular weight is 384 g/mol. The molecule has 0 aliphatic heterocycles. The molecule has 0 aromatic heterocycles. The van der Waals surface area contributed by atoms with Crippen LogP contribution in [0.25, 0.3) is 0 Å². The lowest BCUT2D eigenvalue weighted by molar-refractivity contribution is -0.384. The van der Waals surface area contributed by atoms with Gasteiger partial charge in [-0.15, -0.1) is 0 Å².